The predicted octanol–water partition coefficient (Wildman–Crippen LogP) is 2.79. The number of aromatic nitrogens is 3. The molecule has 0 bridgehead atoms. The van der Waals surface area contributed by atoms with Gasteiger partial charge in [0, 0.05) is 20.1 Å². The molecule has 1 aliphatic rings. The summed E-state index contributed by atoms with van der Waals surface area (Å²) in [6, 6.07) is 0. The lowest BCUT2D eigenvalue weighted by atomic mass is 10.0. The van der Waals surface area contributed by atoms with Crippen LogP contribution in [-0.4, -0.2) is 28.5 Å². The minimum Gasteiger partial charge on any atom is -0.383 e. The molecule has 1 heterocycles. The van der Waals surface area contributed by atoms with Gasteiger partial charge in [-0.3, -0.25) is 0 Å². The molecule has 1 saturated carbocycles. The molecule has 1 aromatic heterocycles. The third-order valence-electron chi connectivity index (χ3n) is 3.79. The van der Waals surface area contributed by atoms with E-state index in [2.05, 4.69) is 14.8 Å². The molecule has 2 rings (SSSR count). The Bertz CT molecular complexity index is 361. The van der Waals surface area contributed by atoms with E-state index >= 15 is 0 Å². The Hall–Kier alpha value is -0.610. The molecule has 0 aliphatic heterocycles. The van der Waals surface area contributed by atoms with Crippen LogP contribution in [-0.2, 0) is 23.6 Å². The zero-order chi connectivity index (χ0) is 12.8. The van der Waals surface area contributed by atoms with Crippen molar-refractivity contribution in [3.05, 3.63) is 11.6 Å². The molecule has 1 fully saturated rings. The van der Waals surface area contributed by atoms with Crippen LogP contribution in [0.4, 0.5) is 0 Å². The molecule has 0 amide bonds. The van der Waals surface area contributed by atoms with Gasteiger partial charge in [-0.15, -0.1) is 21.8 Å². The van der Waals surface area contributed by atoms with Gasteiger partial charge in [0.05, 0.1) is 12.5 Å². The largest absolute Gasteiger partial charge is 0.383 e. The van der Waals surface area contributed by atoms with Gasteiger partial charge in [-0.25, -0.2) is 0 Å². The smallest absolute Gasteiger partial charge is 0.148 e. The van der Waals surface area contributed by atoms with Gasteiger partial charge in [-0.05, 0) is 12.3 Å². The van der Waals surface area contributed by atoms with Crippen LogP contribution in [0.5, 0.6) is 0 Å². The van der Waals surface area contributed by atoms with E-state index in [9.17, 15) is 0 Å². The number of methoxy groups -OCH3 is 1. The topological polar surface area (TPSA) is 39.9 Å². The number of nitrogens with zero attached hydrogens (tertiary/aromatic N) is 3. The summed E-state index contributed by atoms with van der Waals surface area (Å²) < 4.78 is 7.24. The highest BCUT2D eigenvalue weighted by atomic mass is 35.5. The highest BCUT2D eigenvalue weighted by Crippen LogP contribution is 2.28. The van der Waals surface area contributed by atoms with Gasteiger partial charge in [0.25, 0.3) is 0 Å². The molecular formula is C13H22ClN3O. The average molecular weight is 272 g/mol. The standard InChI is InChI=1S/C13H22ClN3O/c1-18-9-8-17-12(15-16-13(17)10-14)7-6-11-4-2-3-5-11/h11H,2-10H2,1H3. The Balaban J connectivity index is 1.94. The van der Waals surface area contributed by atoms with Crippen molar-refractivity contribution in [3.8, 4) is 0 Å². The highest BCUT2D eigenvalue weighted by molar-refractivity contribution is 6.16. The molecule has 0 aromatic carbocycles. The zero-order valence-corrected chi connectivity index (χ0v) is 11.8. The molecule has 18 heavy (non-hydrogen) atoms. The molecule has 1 aliphatic carbocycles. The molecular weight excluding hydrogens is 250 g/mol. The van der Waals surface area contributed by atoms with Crippen molar-refractivity contribution in [2.45, 2.75) is 50.9 Å². The van der Waals surface area contributed by atoms with Crippen LogP contribution in [0, 0.1) is 5.92 Å². The van der Waals surface area contributed by atoms with Gasteiger partial charge in [-0.2, -0.15) is 0 Å². The summed E-state index contributed by atoms with van der Waals surface area (Å²) in [5.74, 6) is 3.22. The van der Waals surface area contributed by atoms with Gasteiger partial charge in [0.1, 0.15) is 11.6 Å². The second-order valence-corrected chi connectivity index (χ2v) is 5.27. The third-order valence-corrected chi connectivity index (χ3v) is 4.03. The van der Waals surface area contributed by atoms with E-state index in [4.69, 9.17) is 16.3 Å². The summed E-state index contributed by atoms with van der Waals surface area (Å²) in [4.78, 5) is 0. The van der Waals surface area contributed by atoms with Crippen molar-refractivity contribution >= 4 is 11.6 Å². The van der Waals surface area contributed by atoms with Crippen LogP contribution >= 0.6 is 11.6 Å². The Morgan fingerprint density at radius 1 is 1.28 bits per heavy atom. The van der Waals surface area contributed by atoms with Crippen molar-refractivity contribution in [2.75, 3.05) is 13.7 Å². The van der Waals surface area contributed by atoms with Gasteiger partial charge < -0.3 is 9.30 Å². The fourth-order valence-electron chi connectivity index (χ4n) is 2.73. The summed E-state index contributed by atoms with van der Waals surface area (Å²) in [5.41, 5.74) is 0. The summed E-state index contributed by atoms with van der Waals surface area (Å²) >= 11 is 5.89. The van der Waals surface area contributed by atoms with Crippen LogP contribution in [0.15, 0.2) is 0 Å². The van der Waals surface area contributed by atoms with Crippen LogP contribution in [0.3, 0.4) is 0 Å². The molecule has 0 saturated heterocycles. The lowest BCUT2D eigenvalue weighted by molar-refractivity contribution is 0.185. The summed E-state index contributed by atoms with van der Waals surface area (Å²) in [5, 5.41) is 8.43. The first-order valence-corrected chi connectivity index (χ1v) is 7.34. The van der Waals surface area contributed by atoms with Crippen LogP contribution in [0.1, 0.15) is 43.8 Å². The van der Waals surface area contributed by atoms with Gasteiger partial charge in [-0.1, -0.05) is 25.7 Å². The SMILES string of the molecule is COCCn1c(CCl)nnc1CCC1CCCC1. The average Bonchev–Trinajstić information content (AvgIpc) is 3.03. The number of hydrogen-bond acceptors (Lipinski definition) is 3. The van der Waals surface area contributed by atoms with Crippen molar-refractivity contribution < 1.29 is 4.74 Å². The van der Waals surface area contributed by atoms with Gasteiger partial charge in [0.15, 0.2) is 0 Å². The van der Waals surface area contributed by atoms with E-state index in [0.29, 0.717) is 12.5 Å². The second kappa shape index (κ2) is 7.10. The maximum atomic E-state index is 5.89. The Morgan fingerprint density at radius 2 is 2.00 bits per heavy atom. The first kappa shape index (κ1) is 13.8. The van der Waals surface area contributed by atoms with Crippen LogP contribution < -0.4 is 0 Å². The maximum Gasteiger partial charge on any atom is 0.148 e. The molecule has 1 aromatic rings. The summed E-state index contributed by atoms with van der Waals surface area (Å²) in [7, 11) is 1.71. The normalized spacial score (nSPS) is 16.6. The van der Waals surface area contributed by atoms with E-state index in [1.54, 1.807) is 7.11 Å². The molecule has 0 atom stereocenters. The minimum absolute atomic E-state index is 0.417. The van der Waals surface area contributed by atoms with Gasteiger partial charge >= 0.3 is 0 Å². The third kappa shape index (κ3) is 3.45. The van der Waals surface area contributed by atoms with Crippen LogP contribution in [0.2, 0.25) is 0 Å². The summed E-state index contributed by atoms with van der Waals surface area (Å²) in [6.45, 7) is 1.48. The van der Waals surface area contributed by atoms with Crippen LogP contribution in [0.25, 0.3) is 0 Å². The molecule has 0 spiro atoms. The second-order valence-electron chi connectivity index (χ2n) is 5.00. The Morgan fingerprint density at radius 3 is 2.67 bits per heavy atom. The number of ether oxygens (including phenoxy) is 1. The first-order valence-electron chi connectivity index (χ1n) is 6.81. The zero-order valence-electron chi connectivity index (χ0n) is 11.1. The van der Waals surface area contributed by atoms with E-state index in [1.165, 1.54) is 32.1 Å². The number of hydrogen-bond donors (Lipinski definition) is 0. The quantitative estimate of drug-likeness (QED) is 0.716. The molecule has 0 radical (unpaired) electrons. The fraction of sp³-hybridized carbons (Fsp3) is 0.846. The predicted molar refractivity (Wildman–Crippen MR) is 71.7 cm³/mol. The van der Waals surface area contributed by atoms with Crippen molar-refractivity contribution in [2.24, 2.45) is 5.92 Å². The molecule has 102 valence electrons. The molecule has 5 heteroatoms. The number of alkyl halides is 1. The first-order chi connectivity index (χ1) is 8.85. The molecule has 0 N–H and O–H groups in total. The molecule has 0 unspecified atom stereocenters. The number of rotatable bonds is 7. The van der Waals surface area contributed by atoms with Gasteiger partial charge in [0.2, 0.25) is 0 Å². The Labute approximate surface area is 114 Å². The minimum atomic E-state index is 0.417. The molecule has 4 nitrogen and oxygen atoms in total. The lowest BCUT2D eigenvalue weighted by Gasteiger charge is -2.11. The highest BCUT2D eigenvalue weighted by Gasteiger charge is 2.17. The van der Waals surface area contributed by atoms with E-state index in [1.807, 2.05) is 0 Å². The fourth-order valence-corrected chi connectivity index (χ4v) is 2.93. The number of halogens is 1. The van der Waals surface area contributed by atoms with Crippen molar-refractivity contribution in [1.82, 2.24) is 14.8 Å². The monoisotopic (exact) mass is 271 g/mol. The van der Waals surface area contributed by atoms with E-state index in [-0.39, 0.29) is 0 Å². The van der Waals surface area contributed by atoms with E-state index < -0.39 is 0 Å². The maximum absolute atomic E-state index is 5.89. The van der Waals surface area contributed by atoms with E-state index in [0.717, 1.165) is 30.5 Å². The Kier molecular flexibility index (Phi) is 5.45. The van der Waals surface area contributed by atoms with Crippen molar-refractivity contribution in [3.63, 3.8) is 0 Å². The summed E-state index contributed by atoms with van der Waals surface area (Å²) in [6.07, 6.45) is 7.80. The number of aryl methyl sites for hydroxylation is 1. The lowest BCUT2D eigenvalue weighted by Crippen LogP contribution is -2.12. The van der Waals surface area contributed by atoms with Crippen molar-refractivity contribution in [1.29, 1.82) is 0 Å².